The van der Waals surface area contributed by atoms with Crippen molar-refractivity contribution in [2.75, 3.05) is 20.3 Å². The Kier molecular flexibility index (Phi) is 6.89. The maximum atomic E-state index is 10.7. The Labute approximate surface area is 147 Å². The predicted octanol–water partition coefficient (Wildman–Crippen LogP) is 2.64. The Morgan fingerprint density at radius 3 is 2.44 bits per heavy atom. The molecular weight excluding hydrogens is 320 g/mol. The third kappa shape index (κ3) is 5.57. The van der Waals surface area contributed by atoms with E-state index in [1.54, 1.807) is 19.2 Å². The molecule has 2 aromatic rings. The van der Waals surface area contributed by atoms with Gasteiger partial charge in [0.15, 0.2) is 11.5 Å². The van der Waals surface area contributed by atoms with E-state index in [-0.39, 0.29) is 5.56 Å². The molecule has 0 aliphatic rings. The predicted molar refractivity (Wildman–Crippen MR) is 93.3 cm³/mol. The van der Waals surface area contributed by atoms with Gasteiger partial charge in [0, 0.05) is 6.42 Å². The minimum absolute atomic E-state index is 0.127. The molecule has 0 heterocycles. The lowest BCUT2D eigenvalue weighted by molar-refractivity contribution is -0.255. The molecule has 5 nitrogen and oxygen atoms in total. The number of hydrogen-bond acceptors (Lipinski definition) is 5. The lowest BCUT2D eigenvalue weighted by Gasteiger charge is -2.12. The molecule has 0 radical (unpaired) electrons. The van der Waals surface area contributed by atoms with Crippen LogP contribution >= 0.6 is 0 Å². The van der Waals surface area contributed by atoms with Crippen molar-refractivity contribution in [3.63, 3.8) is 0 Å². The second kappa shape index (κ2) is 9.37. The number of allylic oxidation sites excluding steroid dienone is 1. The zero-order chi connectivity index (χ0) is 18.1. The van der Waals surface area contributed by atoms with Crippen molar-refractivity contribution in [3.05, 3.63) is 66.2 Å². The minimum atomic E-state index is -1.20. The molecule has 0 atom stereocenters. The molecule has 0 spiro atoms. The van der Waals surface area contributed by atoms with Gasteiger partial charge in [-0.15, -0.1) is 6.58 Å². The number of rotatable bonds is 10. The van der Waals surface area contributed by atoms with Gasteiger partial charge in [-0.05, 0) is 53.9 Å². The van der Waals surface area contributed by atoms with Gasteiger partial charge < -0.3 is 24.1 Å². The smallest absolute Gasteiger partial charge is 0.161 e. The lowest BCUT2D eigenvalue weighted by atomic mass is 10.1. The minimum Gasteiger partial charge on any atom is -0.545 e. The van der Waals surface area contributed by atoms with Crippen molar-refractivity contribution in [1.29, 1.82) is 0 Å². The van der Waals surface area contributed by atoms with Crippen LogP contribution in [0.3, 0.4) is 0 Å². The first-order chi connectivity index (χ1) is 12.1. The molecule has 2 rings (SSSR count). The molecule has 2 aromatic carbocycles. The van der Waals surface area contributed by atoms with E-state index in [1.807, 2.05) is 24.3 Å². The molecule has 0 N–H and O–H groups in total. The van der Waals surface area contributed by atoms with E-state index in [1.165, 1.54) is 12.1 Å². The number of carboxylic acid groups (broad SMARTS) is 1. The van der Waals surface area contributed by atoms with Crippen LogP contribution in [0.2, 0.25) is 0 Å². The second-order valence-corrected chi connectivity index (χ2v) is 5.34. The van der Waals surface area contributed by atoms with Crippen LogP contribution in [0.25, 0.3) is 0 Å². The van der Waals surface area contributed by atoms with Gasteiger partial charge in [-0.1, -0.05) is 12.1 Å². The molecule has 0 unspecified atom stereocenters. The summed E-state index contributed by atoms with van der Waals surface area (Å²) in [7, 11) is 1.61. The fraction of sp³-hybridized carbons (Fsp3) is 0.250. The summed E-state index contributed by atoms with van der Waals surface area (Å²) in [4.78, 5) is 10.7. The molecule has 0 saturated carbocycles. The fourth-order valence-corrected chi connectivity index (χ4v) is 2.24. The van der Waals surface area contributed by atoms with E-state index >= 15 is 0 Å². The Balaban J connectivity index is 1.77. The highest BCUT2D eigenvalue weighted by Gasteiger charge is 2.05. The first-order valence-corrected chi connectivity index (χ1v) is 7.99. The Bertz CT molecular complexity index is 707. The van der Waals surface area contributed by atoms with Gasteiger partial charge in [-0.25, -0.2) is 0 Å². The zero-order valence-electron chi connectivity index (χ0n) is 14.2. The number of aromatic carboxylic acids is 1. The van der Waals surface area contributed by atoms with Crippen LogP contribution in [-0.2, 0) is 6.42 Å². The van der Waals surface area contributed by atoms with Gasteiger partial charge in [0.1, 0.15) is 5.75 Å². The second-order valence-electron chi connectivity index (χ2n) is 5.34. The number of ether oxygens (including phenoxy) is 3. The molecule has 5 heteroatoms. The average Bonchev–Trinajstić information content (AvgIpc) is 2.63. The van der Waals surface area contributed by atoms with Crippen molar-refractivity contribution in [1.82, 2.24) is 0 Å². The van der Waals surface area contributed by atoms with E-state index in [9.17, 15) is 9.90 Å². The highest BCUT2D eigenvalue weighted by Crippen LogP contribution is 2.28. The van der Waals surface area contributed by atoms with Gasteiger partial charge >= 0.3 is 0 Å². The number of carboxylic acids is 1. The van der Waals surface area contributed by atoms with Gasteiger partial charge in [-0.2, -0.15) is 0 Å². The highest BCUT2D eigenvalue weighted by atomic mass is 16.5. The summed E-state index contributed by atoms with van der Waals surface area (Å²) < 4.78 is 16.6. The Hall–Kier alpha value is -2.95. The zero-order valence-corrected chi connectivity index (χ0v) is 14.2. The summed E-state index contributed by atoms with van der Waals surface area (Å²) in [6.07, 6.45) is 3.30. The number of hydrogen-bond donors (Lipinski definition) is 0. The maximum absolute atomic E-state index is 10.7. The van der Waals surface area contributed by atoms with Crippen LogP contribution in [0.15, 0.2) is 55.1 Å². The number of benzene rings is 2. The summed E-state index contributed by atoms with van der Waals surface area (Å²) >= 11 is 0. The molecular formula is C20H21O5-. The number of carbonyl (C=O) groups excluding carboxylic acids is 1. The normalized spacial score (nSPS) is 10.1. The molecule has 25 heavy (non-hydrogen) atoms. The van der Waals surface area contributed by atoms with E-state index < -0.39 is 5.97 Å². The van der Waals surface area contributed by atoms with E-state index in [0.717, 1.165) is 12.0 Å². The molecule has 0 aromatic heterocycles. The van der Waals surface area contributed by atoms with Crippen molar-refractivity contribution < 1.29 is 24.1 Å². The van der Waals surface area contributed by atoms with Crippen molar-refractivity contribution in [3.8, 4) is 17.2 Å². The quantitative estimate of drug-likeness (QED) is 0.491. The third-order valence-electron chi connectivity index (χ3n) is 3.51. The molecule has 0 saturated heterocycles. The number of carbonyl (C=O) groups is 1. The molecule has 0 aliphatic heterocycles. The first-order valence-electron chi connectivity index (χ1n) is 7.99. The SMILES string of the molecule is C=CCc1ccc(OCCCOc2ccc(C(=O)[O-])cc2)c(OC)c1. The van der Waals surface area contributed by atoms with Gasteiger partial charge in [0.2, 0.25) is 0 Å². The van der Waals surface area contributed by atoms with Crippen LogP contribution in [0.5, 0.6) is 17.2 Å². The molecule has 0 bridgehead atoms. The summed E-state index contributed by atoms with van der Waals surface area (Å²) in [6.45, 7) is 4.66. The van der Waals surface area contributed by atoms with Crippen molar-refractivity contribution in [2.24, 2.45) is 0 Å². The summed E-state index contributed by atoms with van der Waals surface area (Å²) in [6, 6.07) is 11.9. The van der Waals surface area contributed by atoms with E-state index in [4.69, 9.17) is 14.2 Å². The lowest BCUT2D eigenvalue weighted by Crippen LogP contribution is -2.21. The average molecular weight is 341 g/mol. The van der Waals surface area contributed by atoms with Crippen molar-refractivity contribution >= 4 is 5.97 Å². The standard InChI is InChI=1S/C20H22O5/c1-3-5-15-6-11-18(19(14-15)23-2)25-13-4-12-24-17-9-7-16(8-10-17)20(21)22/h3,6-11,14H,1,4-5,12-13H2,2H3,(H,21,22)/p-1. The van der Waals surface area contributed by atoms with E-state index in [2.05, 4.69) is 6.58 Å². The fourth-order valence-electron chi connectivity index (χ4n) is 2.24. The summed E-state index contributed by atoms with van der Waals surface area (Å²) in [5.74, 6) is 0.788. The largest absolute Gasteiger partial charge is 0.545 e. The molecule has 0 aliphatic carbocycles. The Morgan fingerprint density at radius 1 is 1.08 bits per heavy atom. The van der Waals surface area contributed by atoms with Crippen molar-refractivity contribution in [2.45, 2.75) is 12.8 Å². The third-order valence-corrected chi connectivity index (χ3v) is 3.51. The van der Waals surface area contributed by atoms with Gasteiger partial charge in [-0.3, -0.25) is 0 Å². The van der Waals surface area contributed by atoms with E-state index in [0.29, 0.717) is 36.9 Å². The summed E-state index contributed by atoms with van der Waals surface area (Å²) in [5, 5.41) is 10.7. The van der Waals surface area contributed by atoms with Crippen LogP contribution in [0, 0.1) is 0 Å². The highest BCUT2D eigenvalue weighted by molar-refractivity contribution is 5.85. The van der Waals surface area contributed by atoms with Gasteiger partial charge in [0.05, 0.1) is 26.3 Å². The number of methoxy groups -OCH3 is 1. The molecule has 0 fully saturated rings. The Morgan fingerprint density at radius 2 is 1.80 bits per heavy atom. The monoisotopic (exact) mass is 341 g/mol. The first kappa shape index (κ1) is 18.4. The van der Waals surface area contributed by atoms with Gasteiger partial charge in [0.25, 0.3) is 0 Å². The summed E-state index contributed by atoms with van der Waals surface area (Å²) in [5.41, 5.74) is 1.24. The maximum Gasteiger partial charge on any atom is 0.161 e. The van der Waals surface area contributed by atoms with Crippen LogP contribution in [0.1, 0.15) is 22.3 Å². The van der Waals surface area contributed by atoms with Crippen LogP contribution in [0.4, 0.5) is 0 Å². The van der Waals surface area contributed by atoms with Crippen LogP contribution < -0.4 is 19.3 Å². The topological polar surface area (TPSA) is 67.8 Å². The molecule has 0 amide bonds. The molecule has 132 valence electrons. The van der Waals surface area contributed by atoms with Crippen LogP contribution in [-0.4, -0.2) is 26.3 Å².